The summed E-state index contributed by atoms with van der Waals surface area (Å²) in [7, 11) is 0. The zero-order valence-electron chi connectivity index (χ0n) is 19.4. The Hall–Kier alpha value is -2.15. The van der Waals surface area contributed by atoms with Gasteiger partial charge in [-0.05, 0) is 62.1 Å². The van der Waals surface area contributed by atoms with Crippen molar-refractivity contribution < 1.29 is 23.8 Å². The highest BCUT2D eigenvalue weighted by Gasteiger charge is 2.47. The van der Waals surface area contributed by atoms with Gasteiger partial charge < -0.3 is 14.2 Å². The van der Waals surface area contributed by atoms with Gasteiger partial charge in [-0.2, -0.15) is 0 Å². The minimum atomic E-state index is -0.646. The molecule has 0 N–H and O–H groups in total. The second-order valence-corrected chi connectivity index (χ2v) is 11.3. The van der Waals surface area contributed by atoms with Gasteiger partial charge in [0.2, 0.25) is 6.79 Å². The molecule has 5 rings (SSSR count). The lowest BCUT2D eigenvalue weighted by Gasteiger charge is -2.39. The molecule has 176 valence electrons. The smallest absolute Gasteiger partial charge is 0.315 e. The normalized spacial score (nSPS) is 26.7. The van der Waals surface area contributed by atoms with Gasteiger partial charge in [0.25, 0.3) is 0 Å². The standard InChI is InChI=1S/C26H30BrNO5/c1-14-22(25(30)33-15-7-5-4-6-8-15)23(16-9-20-21(10-17(16)27)32-13-31-20)24-18(28-14)11-26(2,3)12-19(24)29/h9-10,15,22-23H,4-8,11-13H2,1-3H3/t22?,23-/m1/s1. The van der Waals surface area contributed by atoms with Crippen molar-refractivity contribution in [2.24, 2.45) is 16.3 Å². The number of carbonyl (C=O) groups is 2. The highest BCUT2D eigenvalue weighted by molar-refractivity contribution is 9.10. The van der Waals surface area contributed by atoms with Crippen molar-refractivity contribution in [3.05, 3.63) is 33.4 Å². The molecule has 2 aliphatic carbocycles. The average molecular weight is 516 g/mol. The Bertz CT molecular complexity index is 1070. The SMILES string of the molecule is CC1=NC2=C(C(=O)CC(C)(C)C2)[C@H](c2cc3c(cc2Br)OCO3)C1C(=O)OC1CCCCC1. The highest BCUT2D eigenvalue weighted by atomic mass is 79.9. The molecule has 1 aromatic carbocycles. The fourth-order valence-corrected chi connectivity index (χ4v) is 6.25. The molecule has 7 heteroatoms. The first kappa shape index (κ1) is 22.6. The number of fused-ring (bicyclic) bond motifs is 1. The van der Waals surface area contributed by atoms with E-state index in [1.54, 1.807) is 0 Å². The van der Waals surface area contributed by atoms with Crippen molar-refractivity contribution in [3.63, 3.8) is 0 Å². The summed E-state index contributed by atoms with van der Waals surface area (Å²) in [6.07, 6.45) is 6.22. The Kier molecular flexibility index (Phi) is 5.88. The largest absolute Gasteiger partial charge is 0.462 e. The molecule has 1 aromatic rings. The summed E-state index contributed by atoms with van der Waals surface area (Å²) in [4.78, 5) is 31.9. The van der Waals surface area contributed by atoms with Gasteiger partial charge in [0.1, 0.15) is 12.0 Å². The number of halogens is 1. The monoisotopic (exact) mass is 515 g/mol. The van der Waals surface area contributed by atoms with E-state index in [1.165, 1.54) is 6.42 Å². The summed E-state index contributed by atoms with van der Waals surface area (Å²) in [5, 5.41) is 0. The molecule has 1 unspecified atom stereocenters. The van der Waals surface area contributed by atoms with Gasteiger partial charge in [-0.25, -0.2) is 0 Å². The lowest BCUT2D eigenvalue weighted by molar-refractivity contribution is -0.153. The molecule has 0 bridgehead atoms. The number of carbonyl (C=O) groups excluding carboxylic acids is 2. The number of hydrogen-bond donors (Lipinski definition) is 0. The number of rotatable bonds is 3. The van der Waals surface area contributed by atoms with E-state index in [0.717, 1.165) is 41.4 Å². The number of Topliss-reactive ketones (excluding diaryl/α,β-unsaturated/α-hetero) is 1. The molecule has 1 fully saturated rings. The van der Waals surface area contributed by atoms with Crippen LogP contribution in [0.4, 0.5) is 0 Å². The van der Waals surface area contributed by atoms with Gasteiger partial charge >= 0.3 is 5.97 Å². The molecule has 33 heavy (non-hydrogen) atoms. The number of ketones is 1. The minimum Gasteiger partial charge on any atom is -0.462 e. The maximum Gasteiger partial charge on any atom is 0.315 e. The number of esters is 1. The van der Waals surface area contributed by atoms with Crippen LogP contribution in [0.15, 0.2) is 32.9 Å². The van der Waals surface area contributed by atoms with E-state index >= 15 is 0 Å². The van der Waals surface area contributed by atoms with Crippen molar-refractivity contribution in [1.82, 2.24) is 0 Å². The van der Waals surface area contributed by atoms with Gasteiger partial charge in [0.15, 0.2) is 17.3 Å². The number of nitrogens with zero attached hydrogens (tertiary/aromatic N) is 1. The van der Waals surface area contributed by atoms with Crippen LogP contribution in [0.5, 0.6) is 11.5 Å². The number of hydrogen-bond acceptors (Lipinski definition) is 6. The molecule has 2 heterocycles. The van der Waals surface area contributed by atoms with Crippen molar-refractivity contribution in [1.29, 1.82) is 0 Å². The molecular weight excluding hydrogens is 486 g/mol. The molecule has 0 amide bonds. The third kappa shape index (κ3) is 4.25. The van der Waals surface area contributed by atoms with Crippen LogP contribution < -0.4 is 9.47 Å². The molecule has 4 aliphatic rings. The topological polar surface area (TPSA) is 74.2 Å². The van der Waals surface area contributed by atoms with E-state index in [9.17, 15) is 9.59 Å². The van der Waals surface area contributed by atoms with Gasteiger partial charge in [0.05, 0.1) is 0 Å². The second-order valence-electron chi connectivity index (χ2n) is 10.4. The molecule has 0 aromatic heterocycles. The fourth-order valence-electron chi connectivity index (χ4n) is 5.68. The molecule has 0 radical (unpaired) electrons. The molecule has 1 saturated carbocycles. The van der Waals surface area contributed by atoms with Crippen LogP contribution in [0.1, 0.15) is 77.2 Å². The fraction of sp³-hybridized carbons (Fsp3) is 0.577. The summed E-state index contributed by atoms with van der Waals surface area (Å²) in [5.74, 6) is -0.0741. The van der Waals surface area contributed by atoms with E-state index in [1.807, 2.05) is 19.1 Å². The van der Waals surface area contributed by atoms with Gasteiger partial charge in [-0.15, -0.1) is 0 Å². The summed E-state index contributed by atoms with van der Waals surface area (Å²) >= 11 is 3.68. The third-order valence-electron chi connectivity index (χ3n) is 7.22. The zero-order valence-corrected chi connectivity index (χ0v) is 21.0. The molecule has 2 atom stereocenters. The molecule has 2 aliphatic heterocycles. The van der Waals surface area contributed by atoms with E-state index in [2.05, 4.69) is 29.8 Å². The van der Waals surface area contributed by atoms with Crippen LogP contribution in [-0.4, -0.2) is 30.4 Å². The Morgan fingerprint density at radius 1 is 1.12 bits per heavy atom. The predicted molar refractivity (Wildman–Crippen MR) is 128 cm³/mol. The Balaban J connectivity index is 1.60. The molecule has 0 saturated heterocycles. The van der Waals surface area contributed by atoms with Crippen molar-refractivity contribution in [2.75, 3.05) is 6.79 Å². The minimum absolute atomic E-state index is 0.0579. The van der Waals surface area contributed by atoms with Gasteiger partial charge in [-0.1, -0.05) is 36.2 Å². The molecular formula is C26H30BrNO5. The molecule has 0 spiro atoms. The first-order chi connectivity index (χ1) is 15.7. The van der Waals surface area contributed by atoms with Gasteiger partial charge in [0, 0.05) is 33.8 Å². The Morgan fingerprint density at radius 3 is 2.55 bits per heavy atom. The second kappa shape index (κ2) is 8.57. The van der Waals surface area contributed by atoms with Crippen LogP contribution in [0.3, 0.4) is 0 Å². The number of ether oxygens (including phenoxy) is 3. The molecule has 6 nitrogen and oxygen atoms in total. The third-order valence-corrected chi connectivity index (χ3v) is 7.90. The highest BCUT2D eigenvalue weighted by Crippen LogP contribution is 2.51. The number of aliphatic imine (C=N–C) groups is 1. The van der Waals surface area contributed by atoms with Crippen LogP contribution in [0.2, 0.25) is 0 Å². The lowest BCUT2D eigenvalue weighted by Crippen LogP contribution is -2.40. The quantitative estimate of drug-likeness (QED) is 0.470. The van der Waals surface area contributed by atoms with Crippen molar-refractivity contribution in [2.45, 2.75) is 77.7 Å². The maximum atomic E-state index is 13.6. The van der Waals surface area contributed by atoms with Crippen molar-refractivity contribution >= 4 is 33.4 Å². The van der Waals surface area contributed by atoms with Crippen LogP contribution in [-0.2, 0) is 14.3 Å². The zero-order chi connectivity index (χ0) is 23.3. The number of allylic oxidation sites excluding steroid dienone is 2. The summed E-state index contributed by atoms with van der Waals surface area (Å²) in [5.41, 5.74) is 2.82. The first-order valence-electron chi connectivity index (χ1n) is 11.8. The lowest BCUT2D eigenvalue weighted by atomic mass is 9.67. The van der Waals surface area contributed by atoms with Crippen LogP contribution in [0, 0.1) is 11.3 Å². The number of benzene rings is 1. The van der Waals surface area contributed by atoms with Crippen LogP contribution in [0.25, 0.3) is 0 Å². The first-order valence-corrected chi connectivity index (χ1v) is 12.6. The van der Waals surface area contributed by atoms with E-state index < -0.39 is 11.8 Å². The predicted octanol–water partition coefficient (Wildman–Crippen LogP) is 5.87. The van der Waals surface area contributed by atoms with Gasteiger partial charge in [-0.3, -0.25) is 14.6 Å². The van der Waals surface area contributed by atoms with E-state index in [0.29, 0.717) is 35.6 Å². The summed E-state index contributed by atoms with van der Waals surface area (Å²) < 4.78 is 18.0. The summed E-state index contributed by atoms with van der Waals surface area (Å²) in [6, 6.07) is 3.76. The average Bonchev–Trinajstić information content (AvgIpc) is 3.19. The van der Waals surface area contributed by atoms with Crippen LogP contribution >= 0.6 is 15.9 Å². The summed E-state index contributed by atoms with van der Waals surface area (Å²) in [6.45, 7) is 6.23. The Morgan fingerprint density at radius 2 is 1.82 bits per heavy atom. The maximum absolute atomic E-state index is 13.6. The van der Waals surface area contributed by atoms with E-state index in [4.69, 9.17) is 19.2 Å². The Labute approximate surface area is 202 Å². The van der Waals surface area contributed by atoms with Crippen molar-refractivity contribution in [3.8, 4) is 11.5 Å². The van der Waals surface area contributed by atoms with E-state index in [-0.39, 0.29) is 30.1 Å².